The zero-order valence-electron chi connectivity index (χ0n) is 25.3. The number of fused-ring (bicyclic) bond motifs is 3. The standard InChI is InChI=1S/C21H25.C8H11.C7H5F.2ClH.Zr/c1-20(2,3)16-7-9-18-14(12-16)11-15-13-17(21(4,5)6)8-10-19(15)18;1-6-4-7(2)8(3)5-6;1-6-2-4-7(8)5-3-6;;;/h7-10,12H,11H2,1-6H3;4,6H,1-3H3;1-5H;2*1H;/q;;;;;+2/p-2. The van der Waals surface area contributed by atoms with Crippen LogP contribution in [0.4, 0.5) is 4.39 Å². The van der Waals surface area contributed by atoms with E-state index in [1.807, 2.05) is 12.1 Å². The molecule has 2 aliphatic rings. The third-order valence-corrected chi connectivity index (χ3v) is 16.2. The molecule has 3 aromatic carbocycles. The van der Waals surface area contributed by atoms with Crippen molar-refractivity contribution < 1.29 is 50.5 Å². The van der Waals surface area contributed by atoms with E-state index in [-0.39, 0.29) is 41.5 Å². The fourth-order valence-corrected chi connectivity index (χ4v) is 15.0. The van der Waals surface area contributed by atoms with Crippen LogP contribution in [0.5, 0.6) is 0 Å². The summed E-state index contributed by atoms with van der Waals surface area (Å²) < 4.78 is 19.8. The molecule has 210 valence electrons. The van der Waals surface area contributed by atoms with Crippen LogP contribution in [0.2, 0.25) is 0 Å². The third kappa shape index (κ3) is 6.11. The van der Waals surface area contributed by atoms with E-state index in [1.54, 1.807) is 24.2 Å². The van der Waals surface area contributed by atoms with Gasteiger partial charge in [0.05, 0.1) is 0 Å². The summed E-state index contributed by atoms with van der Waals surface area (Å²) in [5, 5.41) is 0. The Kier molecular flexibility index (Phi) is 9.83. The van der Waals surface area contributed by atoms with E-state index in [9.17, 15) is 4.39 Å². The molecule has 4 heteroatoms. The molecule has 0 radical (unpaired) electrons. The van der Waals surface area contributed by atoms with Gasteiger partial charge in [0, 0.05) is 0 Å². The van der Waals surface area contributed by atoms with Crippen LogP contribution in [0.25, 0.3) is 11.1 Å². The summed E-state index contributed by atoms with van der Waals surface area (Å²) >= 11 is -2.63. The van der Waals surface area contributed by atoms with Gasteiger partial charge in [-0.25, -0.2) is 0 Å². The van der Waals surface area contributed by atoms with E-state index >= 15 is 0 Å². The van der Waals surface area contributed by atoms with Crippen LogP contribution < -0.4 is 28.1 Å². The molecule has 0 fully saturated rings. The number of allylic oxidation sites excluding steroid dienone is 4. The zero-order valence-corrected chi connectivity index (χ0v) is 29.2. The van der Waals surface area contributed by atoms with Crippen molar-refractivity contribution in [1.29, 1.82) is 0 Å². The number of hydrogen-bond acceptors (Lipinski definition) is 0. The van der Waals surface area contributed by atoms with Gasteiger partial charge >= 0.3 is 238 Å². The van der Waals surface area contributed by atoms with E-state index in [1.165, 1.54) is 39.0 Å². The first-order valence-corrected chi connectivity index (χ1v) is 17.8. The molecule has 0 spiro atoms. The summed E-state index contributed by atoms with van der Waals surface area (Å²) in [6.45, 7) is 21.0. The summed E-state index contributed by atoms with van der Waals surface area (Å²) in [5.41, 5.74) is 12.9. The van der Waals surface area contributed by atoms with Gasteiger partial charge in [0.2, 0.25) is 0 Å². The van der Waals surface area contributed by atoms with Crippen molar-refractivity contribution in [2.75, 3.05) is 0 Å². The van der Waals surface area contributed by atoms with E-state index in [0.29, 0.717) is 5.92 Å². The van der Waals surface area contributed by atoms with Gasteiger partial charge in [0.15, 0.2) is 0 Å². The molecule has 0 amide bonds. The molecule has 1 unspecified atom stereocenters. The molecule has 0 heterocycles. The van der Waals surface area contributed by atoms with E-state index in [2.05, 4.69) is 102 Å². The first-order valence-electron chi connectivity index (χ1n) is 13.9. The van der Waals surface area contributed by atoms with Crippen LogP contribution in [0, 0.1) is 11.7 Å². The smallest absolute Gasteiger partial charge is 1.00 e. The Balaban J connectivity index is 0.00000220. The first-order chi connectivity index (χ1) is 17.8. The second kappa shape index (κ2) is 12.0. The van der Waals surface area contributed by atoms with Crippen molar-refractivity contribution >= 4 is 6.98 Å². The Hall–Kier alpha value is -1.60. The monoisotopic (exact) mass is 652 g/mol. The number of rotatable bonds is 3. The average molecular weight is 655 g/mol. The largest absolute Gasteiger partial charge is 1.00 e. The predicted octanol–water partition coefficient (Wildman–Crippen LogP) is 2.96. The van der Waals surface area contributed by atoms with Crippen molar-refractivity contribution in [3.63, 3.8) is 0 Å². The first kappa shape index (κ1) is 32.9. The quantitative estimate of drug-likeness (QED) is 0.319. The maximum absolute atomic E-state index is 13.9. The summed E-state index contributed by atoms with van der Waals surface area (Å²) in [7, 11) is 0. The van der Waals surface area contributed by atoms with Gasteiger partial charge in [-0.1, -0.05) is 0 Å². The second-order valence-corrected chi connectivity index (χ2v) is 18.6. The number of hydrogen-bond donors (Lipinski definition) is 0. The molecule has 0 aromatic heterocycles. The van der Waals surface area contributed by atoms with E-state index < -0.39 is 21.3 Å². The average Bonchev–Trinajstić information content (AvgIpc) is 3.32. The predicted molar refractivity (Wildman–Crippen MR) is 159 cm³/mol. The van der Waals surface area contributed by atoms with Crippen LogP contribution in [0.3, 0.4) is 0 Å². The van der Waals surface area contributed by atoms with Crippen molar-refractivity contribution in [3.05, 3.63) is 109 Å². The fraction of sp³-hybridized carbons (Fsp3) is 0.361. The van der Waals surface area contributed by atoms with Gasteiger partial charge < -0.3 is 24.8 Å². The molecular formula is C36H41Cl2FZr. The van der Waals surface area contributed by atoms with Gasteiger partial charge in [-0.05, 0) is 0 Å². The Labute approximate surface area is 261 Å². The summed E-state index contributed by atoms with van der Waals surface area (Å²) in [6, 6.07) is 19.1. The van der Waals surface area contributed by atoms with Crippen LogP contribution in [-0.2, 0) is 38.5 Å². The molecule has 3 aromatic rings. The number of benzene rings is 3. The molecule has 5 rings (SSSR count). The number of halogens is 3. The molecule has 40 heavy (non-hydrogen) atoms. The molecule has 1 atom stereocenters. The SMILES string of the molecule is CC1=CC(C)[C](/[Zr+2](=[CH]/c2ccc(F)cc2)[c]2c(C(C)(C)C)ccc3c2Cc2cc(C(C)(C)C)ccc2-3)=C1C.[Cl-].[Cl-]. The molecular weight excluding hydrogens is 614 g/mol. The minimum atomic E-state index is -2.63. The summed E-state index contributed by atoms with van der Waals surface area (Å²) in [6.07, 6.45) is 3.45. The molecule has 0 saturated heterocycles. The maximum atomic E-state index is 13.9. The van der Waals surface area contributed by atoms with Crippen molar-refractivity contribution in [2.24, 2.45) is 5.92 Å². The van der Waals surface area contributed by atoms with Gasteiger partial charge in [-0.15, -0.1) is 0 Å². The topological polar surface area (TPSA) is 0 Å². The van der Waals surface area contributed by atoms with Crippen LogP contribution in [0.1, 0.15) is 90.1 Å². The second-order valence-electron chi connectivity index (χ2n) is 13.3. The van der Waals surface area contributed by atoms with E-state index in [0.717, 1.165) is 12.0 Å². The van der Waals surface area contributed by atoms with Crippen molar-refractivity contribution in [2.45, 2.75) is 79.6 Å². The van der Waals surface area contributed by atoms with E-state index in [4.69, 9.17) is 0 Å². The molecule has 0 nitrogen and oxygen atoms in total. The maximum Gasteiger partial charge on any atom is -1.00 e. The van der Waals surface area contributed by atoms with Gasteiger partial charge in [0.25, 0.3) is 0 Å². The molecule has 0 N–H and O–H groups in total. The summed E-state index contributed by atoms with van der Waals surface area (Å²) in [5.74, 6) is 0.275. The Morgan fingerprint density at radius 3 is 2.00 bits per heavy atom. The Bertz CT molecular complexity index is 1530. The molecule has 0 aliphatic heterocycles. The van der Waals surface area contributed by atoms with Crippen molar-refractivity contribution in [1.82, 2.24) is 0 Å². The normalized spacial score (nSPS) is 16.2. The Morgan fingerprint density at radius 1 is 0.825 bits per heavy atom. The molecule has 0 saturated carbocycles. The molecule has 2 aliphatic carbocycles. The third-order valence-electron chi connectivity index (χ3n) is 8.44. The van der Waals surface area contributed by atoms with Crippen LogP contribution >= 0.6 is 0 Å². The van der Waals surface area contributed by atoms with Crippen LogP contribution in [-0.4, -0.2) is 3.71 Å². The summed E-state index contributed by atoms with van der Waals surface area (Å²) in [4.78, 5) is 0. The van der Waals surface area contributed by atoms with Crippen LogP contribution in [0.15, 0.2) is 75.1 Å². The van der Waals surface area contributed by atoms with Gasteiger partial charge in [-0.2, -0.15) is 0 Å². The molecule has 0 bridgehead atoms. The van der Waals surface area contributed by atoms with Crippen molar-refractivity contribution in [3.8, 4) is 11.1 Å². The van der Waals surface area contributed by atoms with Gasteiger partial charge in [0.1, 0.15) is 0 Å². The zero-order chi connectivity index (χ0) is 27.6. The minimum Gasteiger partial charge on any atom is -1.00 e. The van der Waals surface area contributed by atoms with Gasteiger partial charge in [-0.3, -0.25) is 0 Å². The Morgan fingerprint density at radius 2 is 1.45 bits per heavy atom. The minimum absolute atomic E-state index is 0. The fourth-order valence-electron chi connectivity index (χ4n) is 6.27.